The number of unbranched alkanes of at least 4 members (excludes halogenated alkanes) is 47. The summed E-state index contributed by atoms with van der Waals surface area (Å²) in [6.07, 6.45) is 112. The van der Waals surface area contributed by atoms with Crippen LogP contribution in [0.25, 0.3) is 0 Å². The van der Waals surface area contributed by atoms with Crippen molar-refractivity contribution < 1.29 is 42.9 Å². The van der Waals surface area contributed by atoms with Crippen LogP contribution in [0.15, 0.2) is 109 Å². The molecule has 0 fully saturated rings. The molecule has 0 aliphatic rings. The molecule has 2 unspecified atom stereocenters. The van der Waals surface area contributed by atoms with Crippen LogP contribution >= 0.6 is 0 Å². The molecule has 9 nitrogen and oxygen atoms in total. The minimum atomic E-state index is -1.63. The number of nitrogens with zero attached hydrogens (tertiary/aromatic N) is 1. The van der Waals surface area contributed by atoms with Gasteiger partial charge in [-0.25, -0.2) is 0 Å². The van der Waals surface area contributed by atoms with Crippen molar-refractivity contribution >= 4 is 17.9 Å². The highest BCUT2D eigenvalue weighted by molar-refractivity contribution is 5.70. The Kier molecular flexibility index (Phi) is 78.3. The summed E-state index contributed by atoms with van der Waals surface area (Å²) in [6.45, 7) is 4.68. The molecule has 0 amide bonds. The summed E-state index contributed by atoms with van der Waals surface area (Å²) in [4.78, 5) is 37.7. The van der Waals surface area contributed by atoms with Gasteiger partial charge in [0.25, 0.3) is 0 Å². The van der Waals surface area contributed by atoms with E-state index in [0.29, 0.717) is 23.9 Å². The Labute approximate surface area is 625 Å². The van der Waals surface area contributed by atoms with E-state index >= 15 is 0 Å². The predicted octanol–water partition coefficient (Wildman–Crippen LogP) is 26.7. The summed E-state index contributed by atoms with van der Waals surface area (Å²) in [7, 11) is 5.94. The molecule has 0 N–H and O–H groups in total. The second kappa shape index (κ2) is 81.6. The van der Waals surface area contributed by atoms with Crippen molar-refractivity contribution in [3.8, 4) is 0 Å². The Morgan fingerprint density at radius 1 is 0.307 bits per heavy atom. The third-order valence-electron chi connectivity index (χ3n) is 19.0. The number of ether oxygens (including phenoxy) is 4. The van der Waals surface area contributed by atoms with Crippen molar-refractivity contribution in [1.29, 1.82) is 0 Å². The van der Waals surface area contributed by atoms with Crippen LogP contribution in [-0.4, -0.2) is 82.3 Å². The first kappa shape index (κ1) is 97.0. The summed E-state index contributed by atoms with van der Waals surface area (Å²) in [6, 6.07) is 0. The fraction of sp³-hybridized carbons (Fsp3) is 0.772. The van der Waals surface area contributed by atoms with Gasteiger partial charge in [0.05, 0.1) is 40.3 Å². The number of esters is 2. The largest absolute Gasteiger partial charge is 0.545 e. The number of carbonyl (C=O) groups is 3. The molecule has 0 aromatic heterocycles. The molecule has 101 heavy (non-hydrogen) atoms. The molecule has 0 rings (SSSR count). The first-order valence-electron chi connectivity index (χ1n) is 43.0. The van der Waals surface area contributed by atoms with E-state index in [9.17, 15) is 19.5 Å². The Morgan fingerprint density at radius 3 is 0.842 bits per heavy atom. The highest BCUT2D eigenvalue weighted by atomic mass is 16.7. The number of quaternary nitrogens is 1. The van der Waals surface area contributed by atoms with Gasteiger partial charge in [-0.05, 0) is 83.5 Å². The topological polar surface area (TPSA) is 111 Å². The number of hydrogen-bond donors (Lipinski definition) is 0. The second-order valence-corrected chi connectivity index (χ2v) is 30.1. The van der Waals surface area contributed by atoms with E-state index in [2.05, 4.69) is 123 Å². The third kappa shape index (κ3) is 83.1. The van der Waals surface area contributed by atoms with Crippen molar-refractivity contribution in [2.75, 3.05) is 47.5 Å². The van der Waals surface area contributed by atoms with Crippen LogP contribution in [0.5, 0.6) is 0 Å². The molecule has 0 spiro atoms. The van der Waals surface area contributed by atoms with Gasteiger partial charge >= 0.3 is 11.9 Å². The molecule has 584 valence electrons. The van der Waals surface area contributed by atoms with E-state index in [1.165, 1.54) is 263 Å². The van der Waals surface area contributed by atoms with Gasteiger partial charge in [0.15, 0.2) is 12.4 Å². The van der Waals surface area contributed by atoms with Crippen LogP contribution in [-0.2, 0) is 33.3 Å². The van der Waals surface area contributed by atoms with E-state index in [-0.39, 0.29) is 32.2 Å². The monoisotopic (exact) mass is 1410 g/mol. The predicted molar refractivity (Wildman–Crippen MR) is 435 cm³/mol. The number of carbonyl (C=O) groups excluding carboxylic acids is 3. The Morgan fingerprint density at radius 2 is 0.564 bits per heavy atom. The van der Waals surface area contributed by atoms with Crippen LogP contribution in [0.2, 0.25) is 0 Å². The smallest absolute Gasteiger partial charge is 0.306 e. The zero-order valence-electron chi connectivity index (χ0n) is 67.0. The first-order chi connectivity index (χ1) is 49.6. The molecule has 0 heterocycles. The molecule has 9 heteroatoms. The van der Waals surface area contributed by atoms with E-state index in [1.807, 2.05) is 21.1 Å². The van der Waals surface area contributed by atoms with Crippen molar-refractivity contribution in [3.63, 3.8) is 0 Å². The maximum Gasteiger partial charge on any atom is 0.306 e. The van der Waals surface area contributed by atoms with E-state index in [4.69, 9.17) is 18.9 Å². The number of aliphatic carboxylic acids is 1. The molecule has 0 aliphatic carbocycles. The van der Waals surface area contributed by atoms with Crippen LogP contribution in [0.3, 0.4) is 0 Å². The fourth-order valence-electron chi connectivity index (χ4n) is 12.5. The summed E-state index contributed by atoms with van der Waals surface area (Å²) in [5.74, 6) is -2.27. The van der Waals surface area contributed by atoms with Gasteiger partial charge in [-0.15, -0.1) is 0 Å². The van der Waals surface area contributed by atoms with Gasteiger partial charge in [-0.3, -0.25) is 9.59 Å². The highest BCUT2D eigenvalue weighted by Gasteiger charge is 2.22. The summed E-state index contributed by atoms with van der Waals surface area (Å²) in [5, 5.41) is 11.9. The van der Waals surface area contributed by atoms with E-state index in [1.54, 1.807) is 0 Å². The number of carboxylic acids is 1. The lowest BCUT2D eigenvalue weighted by Gasteiger charge is -2.26. The number of allylic oxidation sites excluding steroid dienone is 18. The Balaban J connectivity index is 4.00. The number of hydrogen-bond acceptors (Lipinski definition) is 8. The van der Waals surface area contributed by atoms with Gasteiger partial charge in [0.2, 0.25) is 0 Å². The molecular weight excluding hydrogens is 1250 g/mol. The molecular formula is C92H163NO8. The van der Waals surface area contributed by atoms with Crippen LogP contribution < -0.4 is 5.11 Å². The van der Waals surface area contributed by atoms with Gasteiger partial charge in [-0.2, -0.15) is 0 Å². The molecule has 0 saturated carbocycles. The van der Waals surface area contributed by atoms with E-state index in [0.717, 1.165) is 103 Å². The Hall–Kier alpha value is -4.05. The van der Waals surface area contributed by atoms with Gasteiger partial charge in [-0.1, -0.05) is 412 Å². The lowest BCUT2D eigenvalue weighted by atomic mass is 10.0. The highest BCUT2D eigenvalue weighted by Crippen LogP contribution is 2.20. The second-order valence-electron chi connectivity index (χ2n) is 30.1. The molecule has 2 atom stereocenters. The molecule has 0 bridgehead atoms. The minimum absolute atomic E-state index is 0.145. The molecule has 0 aromatic rings. The standard InChI is InChI=1S/C92H163NO8/c1-6-8-10-12-14-16-18-20-22-24-26-28-30-32-34-36-38-40-42-44-45-47-49-51-53-55-57-59-61-63-65-67-69-71-73-75-77-79-81-83-90(95)101-88(87-100-92(91(96)97)98-85-84-93(3,4)5)86-99-89(94)82-80-78-76-74-72-70-68-66-64-62-60-58-56-54-52-50-48-46-43-41-39-37-35-33-31-29-27-25-23-21-19-17-15-13-11-9-7-2/h8,10,14,16,20,22,26,28,32,34,38,40,44-45,49,51,55,57,88,92H,6-7,9,11-13,15,17-19,21,23-25,27,29-31,33,35-37,39,41-43,46-48,50,52-54,56,58-87H2,1-5H3/b10-8-,16-14-,22-20-,28-26-,34-32-,40-38-,45-44-,51-49-,57-55-. The summed E-state index contributed by atoms with van der Waals surface area (Å²) in [5.41, 5.74) is 0. The van der Waals surface area contributed by atoms with Crippen LogP contribution in [0.1, 0.15) is 399 Å². The summed E-state index contributed by atoms with van der Waals surface area (Å²) < 4.78 is 22.9. The quantitative estimate of drug-likeness (QED) is 0.0195. The molecule has 0 radical (unpaired) electrons. The number of carboxylic acid groups (broad SMARTS) is 1. The van der Waals surface area contributed by atoms with Gasteiger partial charge in [0.1, 0.15) is 13.2 Å². The Bertz CT molecular complexity index is 2040. The van der Waals surface area contributed by atoms with E-state index < -0.39 is 24.3 Å². The lowest BCUT2D eigenvalue weighted by molar-refractivity contribution is -0.870. The van der Waals surface area contributed by atoms with Crippen molar-refractivity contribution in [2.24, 2.45) is 0 Å². The van der Waals surface area contributed by atoms with Crippen molar-refractivity contribution in [3.05, 3.63) is 109 Å². The lowest BCUT2D eigenvalue weighted by Crippen LogP contribution is -2.44. The van der Waals surface area contributed by atoms with Crippen molar-refractivity contribution in [2.45, 2.75) is 411 Å². The van der Waals surface area contributed by atoms with Crippen molar-refractivity contribution in [1.82, 2.24) is 0 Å². The summed E-state index contributed by atoms with van der Waals surface area (Å²) >= 11 is 0. The number of likely N-dealkylation sites (N-methyl/N-ethyl adjacent to an activating group) is 1. The molecule has 0 saturated heterocycles. The normalized spacial score (nSPS) is 13.2. The average molecular weight is 1410 g/mol. The van der Waals surface area contributed by atoms with Crippen LogP contribution in [0, 0.1) is 0 Å². The fourth-order valence-corrected chi connectivity index (χ4v) is 12.5. The van der Waals surface area contributed by atoms with Gasteiger partial charge in [0, 0.05) is 12.8 Å². The zero-order chi connectivity index (χ0) is 73.2. The van der Waals surface area contributed by atoms with Crippen LogP contribution in [0.4, 0.5) is 0 Å². The van der Waals surface area contributed by atoms with Gasteiger partial charge < -0.3 is 33.3 Å². The third-order valence-corrected chi connectivity index (χ3v) is 19.0. The number of rotatable bonds is 80. The molecule has 0 aromatic carbocycles. The minimum Gasteiger partial charge on any atom is -0.545 e. The SMILES string of the molecule is CC/C=C\C/C=C\C/C=C\C/C=C\C/C=C\C/C=C\C/C=C\C/C=C\C/C=C\CCCCCCCCCCCCCC(=O)OC(COC(=O)CCCCCCCCCCCCCCCCCCCCCCCCCCCCCCCCCCCCCCC)COC(OCC[N+](C)(C)C)C(=O)[O-]. The average Bonchev–Trinajstić information content (AvgIpc) is 1.21. The maximum atomic E-state index is 13.0. The zero-order valence-corrected chi connectivity index (χ0v) is 67.0. The maximum absolute atomic E-state index is 13.0. The first-order valence-corrected chi connectivity index (χ1v) is 43.0. The molecule has 0 aliphatic heterocycles.